The third-order valence-electron chi connectivity index (χ3n) is 8.25. The highest BCUT2D eigenvalue weighted by molar-refractivity contribution is 6.20. The molecule has 0 bridgehead atoms. The maximum Gasteiger partial charge on any atom is 0.147 e. The molecule has 162 valence electrons. The van der Waals surface area contributed by atoms with Gasteiger partial charge in [-0.25, -0.2) is 4.98 Å². The quantitative estimate of drug-likeness (QED) is 0.217. The number of para-hydroxylation sites is 3. The molecule has 2 aliphatic rings. The highest BCUT2D eigenvalue weighted by Gasteiger charge is 2.30. The van der Waals surface area contributed by atoms with Gasteiger partial charge in [0.15, 0.2) is 0 Å². The van der Waals surface area contributed by atoms with Gasteiger partial charge in [-0.2, -0.15) is 0 Å². The van der Waals surface area contributed by atoms with E-state index in [1.165, 1.54) is 71.7 Å². The second kappa shape index (κ2) is 6.17. The maximum absolute atomic E-state index is 5.21. The molecule has 2 heteroatoms. The van der Waals surface area contributed by atoms with Crippen molar-refractivity contribution >= 4 is 38.4 Å². The number of pyridine rings is 1. The molecule has 0 N–H and O–H groups in total. The number of hydrogen-bond acceptors (Lipinski definition) is 1. The molecule has 2 aromatic heterocycles. The van der Waals surface area contributed by atoms with E-state index in [4.69, 9.17) is 4.98 Å². The van der Waals surface area contributed by atoms with E-state index < -0.39 is 0 Å². The van der Waals surface area contributed by atoms with Crippen molar-refractivity contribution in [1.29, 1.82) is 0 Å². The number of fused-ring (bicyclic) bond motifs is 16. The molecular formula is C33H20N2. The number of rotatable bonds is 0. The van der Waals surface area contributed by atoms with Gasteiger partial charge in [-0.1, -0.05) is 78.9 Å². The van der Waals surface area contributed by atoms with Gasteiger partial charge in [-0.15, -0.1) is 0 Å². The first-order chi connectivity index (χ1) is 17.4. The van der Waals surface area contributed by atoms with E-state index in [2.05, 4.69) is 101 Å². The third kappa shape index (κ3) is 2.14. The van der Waals surface area contributed by atoms with Gasteiger partial charge >= 0.3 is 0 Å². The number of hydrogen-bond donors (Lipinski definition) is 0. The van der Waals surface area contributed by atoms with Gasteiger partial charge in [0.25, 0.3) is 0 Å². The summed E-state index contributed by atoms with van der Waals surface area (Å²) in [6.07, 6.45) is 2.03. The minimum Gasteiger partial charge on any atom is -0.292 e. The molecule has 0 unspecified atom stereocenters. The Bertz CT molecular complexity index is 2060. The lowest BCUT2D eigenvalue weighted by atomic mass is 9.94. The SMILES string of the molecule is c1ccc2c(c1)Cc1c-2ccc2c1Cc1ccc3c4ccccc4n4c5ccccc5nc4c3c1-2. The molecule has 0 fully saturated rings. The normalized spacial score (nSPS) is 13.5. The van der Waals surface area contributed by atoms with Crippen molar-refractivity contribution in [3.8, 4) is 22.3 Å². The fraction of sp³-hybridized carbons (Fsp3) is 0.0606. The van der Waals surface area contributed by atoms with Gasteiger partial charge < -0.3 is 0 Å². The Morgan fingerprint density at radius 2 is 1.29 bits per heavy atom. The van der Waals surface area contributed by atoms with E-state index in [1.807, 2.05) is 0 Å². The molecule has 0 saturated carbocycles. The van der Waals surface area contributed by atoms with Crippen LogP contribution in [0.1, 0.15) is 22.3 Å². The lowest BCUT2D eigenvalue weighted by Crippen LogP contribution is -1.94. The summed E-state index contributed by atoms with van der Waals surface area (Å²) >= 11 is 0. The molecule has 9 rings (SSSR count). The molecule has 7 aromatic rings. The second-order valence-electron chi connectivity index (χ2n) is 9.93. The van der Waals surface area contributed by atoms with Crippen molar-refractivity contribution in [2.24, 2.45) is 0 Å². The molecular weight excluding hydrogens is 424 g/mol. The van der Waals surface area contributed by atoms with Gasteiger partial charge in [0, 0.05) is 10.8 Å². The molecule has 2 heterocycles. The van der Waals surface area contributed by atoms with Crippen molar-refractivity contribution in [3.63, 3.8) is 0 Å². The van der Waals surface area contributed by atoms with Gasteiger partial charge in [0.2, 0.25) is 0 Å². The van der Waals surface area contributed by atoms with Crippen molar-refractivity contribution in [1.82, 2.24) is 9.38 Å². The van der Waals surface area contributed by atoms with Crippen LogP contribution in [0.2, 0.25) is 0 Å². The van der Waals surface area contributed by atoms with Crippen LogP contribution in [0.3, 0.4) is 0 Å². The van der Waals surface area contributed by atoms with Crippen LogP contribution in [0.15, 0.2) is 97.1 Å². The van der Waals surface area contributed by atoms with Gasteiger partial charge in [-0.05, 0) is 80.9 Å². The Morgan fingerprint density at radius 3 is 2.26 bits per heavy atom. The molecule has 0 spiro atoms. The van der Waals surface area contributed by atoms with Crippen LogP contribution in [0.5, 0.6) is 0 Å². The lowest BCUT2D eigenvalue weighted by Gasteiger charge is -2.13. The first kappa shape index (κ1) is 18.0. The maximum atomic E-state index is 5.21. The first-order valence-corrected chi connectivity index (χ1v) is 12.3. The third-order valence-corrected chi connectivity index (χ3v) is 8.25. The summed E-state index contributed by atoms with van der Waals surface area (Å²) in [7, 11) is 0. The fourth-order valence-corrected chi connectivity index (χ4v) is 6.79. The Kier molecular flexibility index (Phi) is 3.16. The van der Waals surface area contributed by atoms with Crippen molar-refractivity contribution in [2.45, 2.75) is 12.8 Å². The molecule has 2 aliphatic carbocycles. The van der Waals surface area contributed by atoms with Crippen molar-refractivity contribution < 1.29 is 0 Å². The lowest BCUT2D eigenvalue weighted by molar-refractivity contribution is 1.16. The average Bonchev–Trinajstić information content (AvgIpc) is 3.59. The summed E-state index contributed by atoms with van der Waals surface area (Å²) in [4.78, 5) is 5.21. The Balaban J connectivity index is 1.45. The topological polar surface area (TPSA) is 17.3 Å². The Hall–Kier alpha value is -4.43. The standard InChI is InChI=1S/C33H20N2/c1-2-8-21-19(7-1)17-26-22(21)15-16-25-27(26)18-20-13-14-24-23-9-3-5-11-29(23)35-30-12-6-4-10-28(30)34-33(35)32(24)31(20)25/h1-16H,17-18H2. The van der Waals surface area contributed by atoms with E-state index in [0.29, 0.717) is 0 Å². The largest absolute Gasteiger partial charge is 0.292 e. The highest BCUT2D eigenvalue weighted by atomic mass is 15.0. The highest BCUT2D eigenvalue weighted by Crippen LogP contribution is 2.50. The molecule has 0 atom stereocenters. The van der Waals surface area contributed by atoms with Gasteiger partial charge in [-0.3, -0.25) is 4.40 Å². The predicted octanol–water partition coefficient (Wildman–Crippen LogP) is 7.94. The van der Waals surface area contributed by atoms with Crippen LogP contribution in [0.25, 0.3) is 60.6 Å². The first-order valence-electron chi connectivity index (χ1n) is 12.3. The minimum absolute atomic E-state index is 0.997. The molecule has 5 aromatic carbocycles. The molecule has 0 saturated heterocycles. The predicted molar refractivity (Wildman–Crippen MR) is 144 cm³/mol. The summed E-state index contributed by atoms with van der Waals surface area (Å²) in [6, 6.07) is 35.6. The Labute approximate surface area is 202 Å². The van der Waals surface area contributed by atoms with Gasteiger partial charge in [0.05, 0.1) is 16.6 Å². The van der Waals surface area contributed by atoms with E-state index in [-0.39, 0.29) is 0 Å². The van der Waals surface area contributed by atoms with Crippen LogP contribution in [-0.2, 0) is 12.8 Å². The van der Waals surface area contributed by atoms with Crippen LogP contribution in [0.4, 0.5) is 0 Å². The van der Waals surface area contributed by atoms with Crippen molar-refractivity contribution in [2.75, 3.05) is 0 Å². The summed E-state index contributed by atoms with van der Waals surface area (Å²) in [5.41, 5.74) is 16.0. The zero-order valence-corrected chi connectivity index (χ0v) is 19.0. The molecule has 0 amide bonds. The number of imidazole rings is 1. The average molecular weight is 445 g/mol. The molecule has 0 aliphatic heterocycles. The van der Waals surface area contributed by atoms with E-state index in [0.717, 1.165) is 24.0 Å². The van der Waals surface area contributed by atoms with E-state index >= 15 is 0 Å². The number of benzene rings is 5. The molecule has 2 nitrogen and oxygen atoms in total. The van der Waals surface area contributed by atoms with Crippen molar-refractivity contribution in [3.05, 3.63) is 119 Å². The van der Waals surface area contributed by atoms with E-state index in [1.54, 1.807) is 0 Å². The zero-order valence-electron chi connectivity index (χ0n) is 19.0. The van der Waals surface area contributed by atoms with E-state index in [9.17, 15) is 0 Å². The second-order valence-corrected chi connectivity index (χ2v) is 9.93. The summed E-state index contributed by atoms with van der Waals surface area (Å²) in [6.45, 7) is 0. The number of nitrogens with zero attached hydrogens (tertiary/aromatic N) is 2. The zero-order chi connectivity index (χ0) is 22.7. The molecule has 0 radical (unpaired) electrons. The monoisotopic (exact) mass is 444 g/mol. The van der Waals surface area contributed by atoms with Crippen LogP contribution in [-0.4, -0.2) is 9.38 Å². The smallest absolute Gasteiger partial charge is 0.147 e. The number of aromatic nitrogens is 2. The summed E-state index contributed by atoms with van der Waals surface area (Å²) in [5.74, 6) is 0. The fourth-order valence-electron chi connectivity index (χ4n) is 6.79. The summed E-state index contributed by atoms with van der Waals surface area (Å²) in [5, 5.41) is 3.85. The summed E-state index contributed by atoms with van der Waals surface area (Å²) < 4.78 is 2.37. The van der Waals surface area contributed by atoms with Crippen LogP contribution < -0.4 is 0 Å². The Morgan fingerprint density at radius 1 is 0.543 bits per heavy atom. The van der Waals surface area contributed by atoms with Gasteiger partial charge in [0.1, 0.15) is 5.65 Å². The van der Waals surface area contributed by atoms with Crippen LogP contribution >= 0.6 is 0 Å². The molecule has 35 heavy (non-hydrogen) atoms. The minimum atomic E-state index is 0.997. The van der Waals surface area contributed by atoms with Crippen LogP contribution in [0, 0.1) is 0 Å².